The van der Waals surface area contributed by atoms with Crippen molar-refractivity contribution in [1.29, 1.82) is 0 Å². The molecule has 4 heteroatoms. The Kier molecular flexibility index (Phi) is 6.72. The molecule has 0 aliphatic carbocycles. The van der Waals surface area contributed by atoms with Gasteiger partial charge in [-0.25, -0.2) is 0 Å². The van der Waals surface area contributed by atoms with Crippen LogP contribution in [-0.2, 0) is 6.42 Å². The summed E-state index contributed by atoms with van der Waals surface area (Å²) >= 11 is 1.72. The molecule has 0 saturated carbocycles. The molecule has 2 nitrogen and oxygen atoms in total. The fraction of sp³-hybridized carbons (Fsp3) is 0.304. The molecule has 2 atom stereocenters. The Balaban J connectivity index is 0.00000210. The van der Waals surface area contributed by atoms with Crippen LogP contribution in [0.15, 0.2) is 71.6 Å². The van der Waals surface area contributed by atoms with E-state index in [9.17, 15) is 5.11 Å². The first-order chi connectivity index (χ1) is 12.7. The van der Waals surface area contributed by atoms with Gasteiger partial charge in [0.15, 0.2) is 0 Å². The summed E-state index contributed by atoms with van der Waals surface area (Å²) in [5.74, 6) is 0. The summed E-state index contributed by atoms with van der Waals surface area (Å²) in [6.07, 6.45) is 4.03. The van der Waals surface area contributed by atoms with Crippen LogP contribution in [0.1, 0.15) is 30.6 Å². The van der Waals surface area contributed by atoms with E-state index in [-0.39, 0.29) is 18.4 Å². The SMILES string of the molecule is C[C@@H]([C@H](O)c1csc2ccccc12)N1CC=C(Cc2ccccc2)CC1.Cl. The van der Waals surface area contributed by atoms with Crippen molar-refractivity contribution in [2.24, 2.45) is 0 Å². The molecular formula is C23H26ClNOS. The molecule has 1 aliphatic rings. The first kappa shape index (κ1) is 20.1. The minimum atomic E-state index is -0.449. The van der Waals surface area contributed by atoms with Gasteiger partial charge in [-0.15, -0.1) is 23.7 Å². The van der Waals surface area contributed by atoms with Gasteiger partial charge in [0.05, 0.1) is 6.10 Å². The van der Waals surface area contributed by atoms with Crippen LogP contribution in [0.3, 0.4) is 0 Å². The van der Waals surface area contributed by atoms with Gasteiger partial charge in [0, 0.05) is 29.4 Å². The molecule has 142 valence electrons. The standard InChI is InChI=1S/C23H25NOS.ClH/c1-17(23(25)21-16-26-22-10-6-5-9-20(21)22)24-13-11-19(12-14-24)15-18-7-3-2-4-8-18;/h2-11,16-17,23,25H,12-15H2,1H3;1H/t17-,23-;/m0./s1. The molecule has 0 bridgehead atoms. The molecule has 0 spiro atoms. The number of hydrogen-bond donors (Lipinski definition) is 1. The molecule has 2 aromatic carbocycles. The maximum Gasteiger partial charge on any atom is 0.0956 e. The Morgan fingerprint density at radius 3 is 2.56 bits per heavy atom. The minimum absolute atomic E-state index is 0. The van der Waals surface area contributed by atoms with Gasteiger partial charge < -0.3 is 5.11 Å². The highest BCUT2D eigenvalue weighted by atomic mass is 35.5. The van der Waals surface area contributed by atoms with E-state index in [1.54, 1.807) is 11.3 Å². The maximum absolute atomic E-state index is 11.0. The maximum atomic E-state index is 11.0. The Hall–Kier alpha value is -1.65. The molecule has 0 radical (unpaired) electrons. The van der Waals surface area contributed by atoms with Crippen LogP contribution >= 0.6 is 23.7 Å². The lowest BCUT2D eigenvalue weighted by atomic mass is 9.96. The number of aliphatic hydroxyl groups excluding tert-OH is 1. The third-order valence-electron chi connectivity index (χ3n) is 5.47. The third kappa shape index (κ3) is 4.44. The number of rotatable bonds is 5. The van der Waals surface area contributed by atoms with Crippen molar-refractivity contribution in [3.8, 4) is 0 Å². The molecule has 1 aliphatic heterocycles. The van der Waals surface area contributed by atoms with Gasteiger partial charge in [0.1, 0.15) is 0 Å². The van der Waals surface area contributed by atoms with Crippen LogP contribution in [0.25, 0.3) is 10.1 Å². The highest BCUT2D eigenvalue weighted by molar-refractivity contribution is 7.17. The lowest BCUT2D eigenvalue weighted by Gasteiger charge is -2.34. The van der Waals surface area contributed by atoms with Crippen molar-refractivity contribution in [2.75, 3.05) is 13.1 Å². The Morgan fingerprint density at radius 2 is 1.81 bits per heavy atom. The fourth-order valence-electron chi connectivity index (χ4n) is 3.80. The molecule has 0 amide bonds. The smallest absolute Gasteiger partial charge is 0.0956 e. The molecule has 0 unspecified atom stereocenters. The fourth-order valence-corrected chi connectivity index (χ4v) is 4.79. The van der Waals surface area contributed by atoms with Gasteiger partial charge in [0.25, 0.3) is 0 Å². The minimum Gasteiger partial charge on any atom is -0.387 e. The highest BCUT2D eigenvalue weighted by Crippen LogP contribution is 2.33. The summed E-state index contributed by atoms with van der Waals surface area (Å²) in [6, 6.07) is 19.1. The average molecular weight is 400 g/mol. The van der Waals surface area contributed by atoms with Gasteiger partial charge in [-0.05, 0) is 42.2 Å². The quantitative estimate of drug-likeness (QED) is 0.563. The predicted octanol–water partition coefficient (Wildman–Crippen LogP) is 5.62. The number of thiophene rings is 1. The zero-order valence-electron chi connectivity index (χ0n) is 15.5. The van der Waals surface area contributed by atoms with E-state index in [0.717, 1.165) is 31.5 Å². The van der Waals surface area contributed by atoms with Crippen LogP contribution in [0.2, 0.25) is 0 Å². The number of halogens is 1. The number of nitrogens with zero attached hydrogens (tertiary/aromatic N) is 1. The summed E-state index contributed by atoms with van der Waals surface area (Å²) in [7, 11) is 0. The summed E-state index contributed by atoms with van der Waals surface area (Å²) < 4.78 is 1.25. The van der Waals surface area contributed by atoms with Crippen LogP contribution in [0, 0.1) is 0 Å². The van der Waals surface area contributed by atoms with E-state index in [4.69, 9.17) is 0 Å². The van der Waals surface area contributed by atoms with E-state index in [0.29, 0.717) is 0 Å². The summed E-state index contributed by atoms with van der Waals surface area (Å²) in [5.41, 5.74) is 3.96. The Bertz CT molecular complexity index is 905. The first-order valence-corrected chi connectivity index (χ1v) is 10.2. The third-order valence-corrected chi connectivity index (χ3v) is 6.45. The van der Waals surface area contributed by atoms with E-state index in [2.05, 4.69) is 77.9 Å². The van der Waals surface area contributed by atoms with Gasteiger partial charge >= 0.3 is 0 Å². The summed E-state index contributed by atoms with van der Waals surface area (Å²) in [5, 5.41) is 14.3. The first-order valence-electron chi connectivity index (χ1n) is 9.32. The van der Waals surface area contributed by atoms with E-state index >= 15 is 0 Å². The second-order valence-electron chi connectivity index (χ2n) is 7.14. The lowest BCUT2D eigenvalue weighted by Crippen LogP contribution is -2.40. The number of aliphatic hydroxyl groups is 1. The van der Waals surface area contributed by atoms with Crippen LogP contribution in [-0.4, -0.2) is 29.1 Å². The van der Waals surface area contributed by atoms with Crippen LogP contribution < -0.4 is 0 Å². The van der Waals surface area contributed by atoms with Gasteiger partial charge in [-0.1, -0.05) is 60.2 Å². The molecule has 1 aromatic heterocycles. The molecule has 3 aromatic rings. The number of fused-ring (bicyclic) bond motifs is 1. The van der Waals surface area contributed by atoms with Crippen molar-refractivity contribution in [2.45, 2.75) is 31.9 Å². The Labute approximate surface area is 171 Å². The van der Waals surface area contributed by atoms with E-state index < -0.39 is 6.10 Å². The Morgan fingerprint density at radius 1 is 1.07 bits per heavy atom. The largest absolute Gasteiger partial charge is 0.387 e. The summed E-state index contributed by atoms with van der Waals surface area (Å²) in [4.78, 5) is 2.39. The second-order valence-corrected chi connectivity index (χ2v) is 8.05. The molecular weight excluding hydrogens is 374 g/mol. The van der Waals surface area contributed by atoms with Gasteiger partial charge in [-0.2, -0.15) is 0 Å². The van der Waals surface area contributed by atoms with Crippen molar-refractivity contribution >= 4 is 33.8 Å². The topological polar surface area (TPSA) is 23.5 Å². The number of hydrogen-bond acceptors (Lipinski definition) is 3. The molecule has 1 N–H and O–H groups in total. The van der Waals surface area contributed by atoms with Crippen molar-refractivity contribution in [1.82, 2.24) is 4.90 Å². The van der Waals surface area contributed by atoms with Crippen molar-refractivity contribution in [3.63, 3.8) is 0 Å². The predicted molar refractivity (Wildman–Crippen MR) is 118 cm³/mol. The van der Waals surface area contributed by atoms with Crippen LogP contribution in [0.4, 0.5) is 0 Å². The van der Waals surface area contributed by atoms with Crippen molar-refractivity contribution in [3.05, 3.63) is 82.8 Å². The monoisotopic (exact) mass is 399 g/mol. The zero-order chi connectivity index (χ0) is 17.9. The van der Waals surface area contributed by atoms with Crippen LogP contribution in [0.5, 0.6) is 0 Å². The zero-order valence-corrected chi connectivity index (χ0v) is 17.2. The summed E-state index contributed by atoms with van der Waals surface area (Å²) in [6.45, 7) is 4.08. The van der Waals surface area contributed by atoms with E-state index in [1.165, 1.54) is 21.2 Å². The van der Waals surface area contributed by atoms with Crippen molar-refractivity contribution < 1.29 is 5.11 Å². The average Bonchev–Trinajstić information content (AvgIpc) is 3.12. The van der Waals surface area contributed by atoms with Gasteiger partial charge in [-0.3, -0.25) is 4.90 Å². The number of benzene rings is 2. The molecule has 2 heterocycles. The second kappa shape index (κ2) is 9.03. The molecule has 4 rings (SSSR count). The molecule has 27 heavy (non-hydrogen) atoms. The lowest BCUT2D eigenvalue weighted by molar-refractivity contribution is 0.0635. The molecule has 0 fully saturated rings. The molecule has 0 saturated heterocycles. The normalized spacial score (nSPS) is 17.2. The highest BCUT2D eigenvalue weighted by Gasteiger charge is 2.26. The van der Waals surface area contributed by atoms with E-state index in [1.807, 2.05) is 0 Å². The van der Waals surface area contributed by atoms with Gasteiger partial charge in [0.2, 0.25) is 0 Å².